The summed E-state index contributed by atoms with van der Waals surface area (Å²) in [7, 11) is 3.53. The van der Waals surface area contributed by atoms with Crippen molar-refractivity contribution in [3.8, 4) is 0 Å². The third-order valence-electron chi connectivity index (χ3n) is 2.54. The second-order valence-electron chi connectivity index (χ2n) is 4.20. The summed E-state index contributed by atoms with van der Waals surface area (Å²) >= 11 is 0. The van der Waals surface area contributed by atoms with Gasteiger partial charge >= 0.3 is 6.03 Å². The topological polar surface area (TPSA) is 49.6 Å². The van der Waals surface area contributed by atoms with E-state index in [1.54, 1.807) is 23.9 Å². The van der Waals surface area contributed by atoms with Crippen molar-refractivity contribution in [1.29, 1.82) is 0 Å². The van der Waals surface area contributed by atoms with Crippen LogP contribution in [0, 0.1) is 0 Å². The Kier molecular flexibility index (Phi) is 4.97. The van der Waals surface area contributed by atoms with E-state index in [0.717, 1.165) is 24.2 Å². The summed E-state index contributed by atoms with van der Waals surface area (Å²) in [5.74, 6) is 0. The van der Waals surface area contributed by atoms with Gasteiger partial charge in [0.05, 0.1) is 0 Å². The first-order valence-electron chi connectivity index (χ1n) is 5.88. The summed E-state index contributed by atoms with van der Waals surface area (Å²) in [6, 6.07) is 7.81. The zero-order valence-corrected chi connectivity index (χ0v) is 10.8. The Morgan fingerprint density at radius 3 is 2.24 bits per heavy atom. The molecule has 1 aromatic carbocycles. The van der Waals surface area contributed by atoms with Gasteiger partial charge in [-0.05, 0) is 24.1 Å². The van der Waals surface area contributed by atoms with Crippen molar-refractivity contribution in [2.45, 2.75) is 19.9 Å². The Labute approximate surface area is 103 Å². The Hall–Kier alpha value is -1.55. The molecule has 0 saturated heterocycles. The third-order valence-corrected chi connectivity index (χ3v) is 2.54. The van der Waals surface area contributed by atoms with Crippen LogP contribution >= 0.6 is 0 Å². The number of benzene rings is 1. The molecular weight excluding hydrogens is 214 g/mol. The van der Waals surface area contributed by atoms with Gasteiger partial charge in [-0.3, -0.25) is 4.90 Å². The minimum absolute atomic E-state index is 0.00680. The summed E-state index contributed by atoms with van der Waals surface area (Å²) in [5, 5.41) is 0. The van der Waals surface area contributed by atoms with Gasteiger partial charge in [0.25, 0.3) is 0 Å². The van der Waals surface area contributed by atoms with Crippen LogP contribution in [0.15, 0.2) is 24.3 Å². The molecule has 94 valence electrons. The number of amides is 2. The summed E-state index contributed by atoms with van der Waals surface area (Å²) in [6.45, 7) is 3.30. The van der Waals surface area contributed by atoms with Gasteiger partial charge in [0.2, 0.25) is 0 Å². The van der Waals surface area contributed by atoms with E-state index in [0.29, 0.717) is 6.54 Å². The predicted molar refractivity (Wildman–Crippen MR) is 71.1 cm³/mol. The molecule has 0 unspecified atom stereocenters. The van der Waals surface area contributed by atoms with Crippen LogP contribution < -0.4 is 10.6 Å². The fourth-order valence-corrected chi connectivity index (χ4v) is 1.61. The van der Waals surface area contributed by atoms with Gasteiger partial charge in [-0.1, -0.05) is 19.1 Å². The monoisotopic (exact) mass is 235 g/mol. The highest BCUT2D eigenvalue weighted by Gasteiger charge is 2.16. The lowest BCUT2D eigenvalue weighted by atomic mass is 10.2. The first-order valence-corrected chi connectivity index (χ1v) is 5.88. The van der Waals surface area contributed by atoms with Crippen LogP contribution in [-0.2, 0) is 6.54 Å². The highest BCUT2D eigenvalue weighted by Crippen LogP contribution is 2.17. The molecule has 2 N–H and O–H groups in total. The van der Waals surface area contributed by atoms with Crippen molar-refractivity contribution in [2.75, 3.05) is 25.5 Å². The molecule has 0 aliphatic heterocycles. The van der Waals surface area contributed by atoms with Crippen LogP contribution in [0.4, 0.5) is 10.5 Å². The summed E-state index contributed by atoms with van der Waals surface area (Å²) in [4.78, 5) is 15.4. The van der Waals surface area contributed by atoms with E-state index in [1.807, 2.05) is 24.3 Å². The fraction of sp³-hybridized carbons (Fsp3) is 0.462. The van der Waals surface area contributed by atoms with Crippen molar-refractivity contribution < 1.29 is 4.79 Å². The van der Waals surface area contributed by atoms with Gasteiger partial charge in [0.15, 0.2) is 0 Å². The number of anilines is 1. The number of nitrogens with zero attached hydrogens (tertiary/aromatic N) is 2. The molecule has 0 radical (unpaired) electrons. The Bertz CT molecular complexity index is 359. The van der Waals surface area contributed by atoms with Crippen molar-refractivity contribution in [3.05, 3.63) is 29.8 Å². The van der Waals surface area contributed by atoms with Gasteiger partial charge in [-0.2, -0.15) is 0 Å². The molecule has 0 spiro atoms. The highest BCUT2D eigenvalue weighted by molar-refractivity contribution is 5.91. The summed E-state index contributed by atoms with van der Waals surface area (Å²) < 4.78 is 0. The predicted octanol–water partition coefficient (Wildman–Crippen LogP) is 2.04. The molecule has 0 bridgehead atoms. The van der Waals surface area contributed by atoms with Gasteiger partial charge in [-0.25, -0.2) is 4.79 Å². The molecule has 0 aliphatic rings. The van der Waals surface area contributed by atoms with E-state index in [2.05, 4.69) is 6.92 Å². The van der Waals surface area contributed by atoms with Crippen LogP contribution in [-0.4, -0.2) is 31.6 Å². The second-order valence-corrected chi connectivity index (χ2v) is 4.20. The molecule has 0 fully saturated rings. The molecule has 1 aromatic rings. The largest absolute Gasteiger partial charge is 0.330 e. The maximum atomic E-state index is 12.0. The smallest absolute Gasteiger partial charge is 0.323 e. The average Bonchev–Trinajstić information content (AvgIpc) is 2.35. The molecule has 4 heteroatoms. The summed E-state index contributed by atoms with van der Waals surface area (Å²) in [6.07, 6.45) is 0.929. The quantitative estimate of drug-likeness (QED) is 0.868. The van der Waals surface area contributed by atoms with Crippen LogP contribution in [0.5, 0.6) is 0 Å². The van der Waals surface area contributed by atoms with Crippen molar-refractivity contribution >= 4 is 11.7 Å². The lowest BCUT2D eigenvalue weighted by molar-refractivity contribution is 0.224. The lowest BCUT2D eigenvalue weighted by Crippen LogP contribution is -2.39. The van der Waals surface area contributed by atoms with E-state index in [-0.39, 0.29) is 6.03 Å². The first-order chi connectivity index (χ1) is 8.10. The van der Waals surface area contributed by atoms with Crippen LogP contribution in [0.25, 0.3) is 0 Å². The van der Waals surface area contributed by atoms with E-state index in [9.17, 15) is 4.79 Å². The third kappa shape index (κ3) is 3.46. The van der Waals surface area contributed by atoms with E-state index >= 15 is 0 Å². The highest BCUT2D eigenvalue weighted by atomic mass is 16.2. The van der Waals surface area contributed by atoms with E-state index in [1.165, 1.54) is 0 Å². The molecule has 0 atom stereocenters. The van der Waals surface area contributed by atoms with E-state index < -0.39 is 0 Å². The molecule has 0 aliphatic carbocycles. The van der Waals surface area contributed by atoms with Gasteiger partial charge in [0, 0.05) is 32.9 Å². The summed E-state index contributed by atoms with van der Waals surface area (Å²) in [5.41, 5.74) is 7.54. The molecule has 4 nitrogen and oxygen atoms in total. The molecule has 2 amide bonds. The van der Waals surface area contributed by atoms with Crippen molar-refractivity contribution in [1.82, 2.24) is 4.90 Å². The molecule has 1 rings (SSSR count). The van der Waals surface area contributed by atoms with E-state index in [4.69, 9.17) is 5.73 Å². The number of urea groups is 1. The maximum absolute atomic E-state index is 12.0. The minimum Gasteiger partial charge on any atom is -0.330 e. The normalized spacial score (nSPS) is 10.1. The first kappa shape index (κ1) is 13.5. The molecule has 0 aromatic heterocycles. The molecule has 0 saturated carbocycles. The number of nitrogens with two attached hydrogens (primary N) is 1. The van der Waals surface area contributed by atoms with Crippen LogP contribution in [0.1, 0.15) is 18.9 Å². The number of hydrogen-bond donors (Lipinski definition) is 1. The Morgan fingerprint density at radius 1 is 1.24 bits per heavy atom. The Balaban J connectivity index is 2.92. The maximum Gasteiger partial charge on any atom is 0.323 e. The van der Waals surface area contributed by atoms with Crippen LogP contribution in [0.2, 0.25) is 0 Å². The van der Waals surface area contributed by atoms with Crippen molar-refractivity contribution in [3.63, 3.8) is 0 Å². The number of rotatable bonds is 4. The number of carbonyl (C=O) groups is 1. The minimum atomic E-state index is 0.00680. The Morgan fingerprint density at radius 2 is 1.82 bits per heavy atom. The number of hydrogen-bond acceptors (Lipinski definition) is 2. The second kappa shape index (κ2) is 6.25. The average molecular weight is 235 g/mol. The number of carbonyl (C=O) groups excluding carboxylic acids is 1. The SMILES string of the molecule is CCCN(C(=O)N(C)C)c1ccc(CN)cc1. The van der Waals surface area contributed by atoms with Crippen LogP contribution in [0.3, 0.4) is 0 Å². The standard InChI is InChI=1S/C13H21N3O/c1-4-9-16(13(17)15(2)3)12-7-5-11(10-14)6-8-12/h5-8H,4,9-10,14H2,1-3H3. The zero-order valence-electron chi connectivity index (χ0n) is 10.8. The molecular formula is C13H21N3O. The van der Waals surface area contributed by atoms with Gasteiger partial charge in [0.1, 0.15) is 0 Å². The molecule has 0 heterocycles. The van der Waals surface area contributed by atoms with Crippen molar-refractivity contribution in [2.24, 2.45) is 5.73 Å². The zero-order chi connectivity index (χ0) is 12.8. The fourth-order valence-electron chi connectivity index (χ4n) is 1.61. The van der Waals surface area contributed by atoms with Gasteiger partial charge in [-0.15, -0.1) is 0 Å². The lowest BCUT2D eigenvalue weighted by Gasteiger charge is -2.26. The molecule has 17 heavy (non-hydrogen) atoms. The van der Waals surface area contributed by atoms with Gasteiger partial charge < -0.3 is 10.6 Å².